The lowest BCUT2D eigenvalue weighted by Gasteiger charge is -2.37. The first-order valence-corrected chi connectivity index (χ1v) is 9.57. The van der Waals surface area contributed by atoms with E-state index in [1.54, 1.807) is 0 Å². The van der Waals surface area contributed by atoms with Crippen LogP contribution >= 0.6 is 0 Å². The SMILES string of the molecule is CC[C@@H](C)C(=O)NC1CO[C@H]2CCC(C(=O)NCc3ccccc3)N2C1=O. The zero-order valence-corrected chi connectivity index (χ0v) is 15.8. The van der Waals surface area contributed by atoms with Crippen molar-refractivity contribution in [1.82, 2.24) is 15.5 Å². The van der Waals surface area contributed by atoms with Crippen LogP contribution in [0.25, 0.3) is 0 Å². The molecule has 4 atom stereocenters. The molecule has 0 aliphatic carbocycles. The molecule has 0 saturated carbocycles. The van der Waals surface area contributed by atoms with E-state index in [0.29, 0.717) is 25.8 Å². The second-order valence-electron chi connectivity index (χ2n) is 7.20. The molecule has 1 aromatic carbocycles. The number of hydrogen-bond donors (Lipinski definition) is 2. The van der Waals surface area contributed by atoms with E-state index in [1.807, 2.05) is 44.2 Å². The average Bonchev–Trinajstić information content (AvgIpc) is 3.13. The van der Waals surface area contributed by atoms with Crippen molar-refractivity contribution in [1.29, 1.82) is 0 Å². The number of rotatable bonds is 6. The molecule has 0 spiro atoms. The molecule has 2 aliphatic rings. The largest absolute Gasteiger partial charge is 0.356 e. The molecule has 3 rings (SSSR count). The van der Waals surface area contributed by atoms with Crippen LogP contribution in [0, 0.1) is 5.92 Å². The summed E-state index contributed by atoms with van der Waals surface area (Å²) in [5.41, 5.74) is 1.00. The molecule has 2 aliphatic heterocycles. The van der Waals surface area contributed by atoms with Gasteiger partial charge in [-0.1, -0.05) is 44.2 Å². The van der Waals surface area contributed by atoms with Crippen LogP contribution in [0.2, 0.25) is 0 Å². The third-order valence-corrected chi connectivity index (χ3v) is 5.33. The molecule has 2 heterocycles. The molecule has 2 N–H and O–H groups in total. The minimum Gasteiger partial charge on any atom is -0.356 e. The average molecular weight is 373 g/mol. The van der Waals surface area contributed by atoms with Crippen LogP contribution in [0.15, 0.2) is 30.3 Å². The highest BCUT2D eigenvalue weighted by Gasteiger charge is 2.47. The minimum absolute atomic E-state index is 0.153. The van der Waals surface area contributed by atoms with Crippen molar-refractivity contribution >= 4 is 17.7 Å². The zero-order valence-electron chi connectivity index (χ0n) is 15.8. The fraction of sp³-hybridized carbons (Fsp3) is 0.550. The Morgan fingerprint density at radius 1 is 1.26 bits per heavy atom. The highest BCUT2D eigenvalue weighted by Crippen LogP contribution is 2.29. The summed E-state index contributed by atoms with van der Waals surface area (Å²) in [4.78, 5) is 39.2. The van der Waals surface area contributed by atoms with E-state index in [4.69, 9.17) is 4.74 Å². The van der Waals surface area contributed by atoms with Crippen LogP contribution in [0.3, 0.4) is 0 Å². The molecular weight excluding hydrogens is 346 g/mol. The van der Waals surface area contributed by atoms with Gasteiger partial charge in [-0.15, -0.1) is 0 Å². The van der Waals surface area contributed by atoms with Gasteiger partial charge in [0.1, 0.15) is 18.3 Å². The van der Waals surface area contributed by atoms with Gasteiger partial charge in [-0.2, -0.15) is 0 Å². The van der Waals surface area contributed by atoms with E-state index in [2.05, 4.69) is 10.6 Å². The maximum atomic E-state index is 12.9. The fourth-order valence-corrected chi connectivity index (χ4v) is 3.46. The molecule has 0 aromatic heterocycles. The Morgan fingerprint density at radius 2 is 2.00 bits per heavy atom. The molecule has 1 aromatic rings. The maximum absolute atomic E-state index is 12.9. The van der Waals surface area contributed by atoms with Crippen molar-refractivity contribution in [2.75, 3.05) is 6.61 Å². The topological polar surface area (TPSA) is 87.7 Å². The fourth-order valence-electron chi connectivity index (χ4n) is 3.46. The Balaban J connectivity index is 1.62. The lowest BCUT2D eigenvalue weighted by atomic mass is 10.1. The van der Waals surface area contributed by atoms with Crippen LogP contribution in [0.5, 0.6) is 0 Å². The van der Waals surface area contributed by atoms with Crippen LogP contribution in [0.4, 0.5) is 0 Å². The van der Waals surface area contributed by atoms with Crippen molar-refractivity contribution in [3.8, 4) is 0 Å². The van der Waals surface area contributed by atoms with Crippen molar-refractivity contribution < 1.29 is 19.1 Å². The molecule has 0 radical (unpaired) electrons. The van der Waals surface area contributed by atoms with Gasteiger partial charge in [-0.3, -0.25) is 14.4 Å². The minimum atomic E-state index is -0.731. The third-order valence-electron chi connectivity index (χ3n) is 5.33. The molecule has 2 fully saturated rings. The number of carbonyl (C=O) groups excluding carboxylic acids is 3. The predicted octanol–water partition coefficient (Wildman–Crippen LogP) is 1.18. The summed E-state index contributed by atoms with van der Waals surface area (Å²) in [6, 6.07) is 8.34. The summed E-state index contributed by atoms with van der Waals surface area (Å²) in [5, 5.41) is 5.66. The Kier molecular flexibility index (Phi) is 6.11. The van der Waals surface area contributed by atoms with Gasteiger partial charge < -0.3 is 20.3 Å². The van der Waals surface area contributed by atoms with Gasteiger partial charge in [0, 0.05) is 12.5 Å². The van der Waals surface area contributed by atoms with Crippen molar-refractivity contribution in [2.45, 2.75) is 58.0 Å². The second-order valence-corrected chi connectivity index (χ2v) is 7.20. The summed E-state index contributed by atoms with van der Waals surface area (Å²) >= 11 is 0. The van der Waals surface area contributed by atoms with Crippen molar-refractivity contribution in [3.05, 3.63) is 35.9 Å². The van der Waals surface area contributed by atoms with Crippen molar-refractivity contribution in [2.24, 2.45) is 5.92 Å². The monoisotopic (exact) mass is 373 g/mol. The second kappa shape index (κ2) is 8.52. The van der Waals surface area contributed by atoms with Gasteiger partial charge in [0.05, 0.1) is 6.61 Å². The summed E-state index contributed by atoms with van der Waals surface area (Å²) in [7, 11) is 0. The maximum Gasteiger partial charge on any atom is 0.250 e. The van der Waals surface area contributed by atoms with E-state index < -0.39 is 12.1 Å². The van der Waals surface area contributed by atoms with E-state index in [1.165, 1.54) is 4.90 Å². The van der Waals surface area contributed by atoms with Crippen LogP contribution < -0.4 is 10.6 Å². The first-order chi connectivity index (χ1) is 13.0. The number of carbonyl (C=O) groups is 3. The summed E-state index contributed by atoms with van der Waals surface area (Å²) in [6.07, 6.45) is 1.50. The molecule has 3 amide bonds. The molecule has 7 nitrogen and oxygen atoms in total. The Hall–Kier alpha value is -2.41. The molecule has 146 valence electrons. The summed E-state index contributed by atoms with van der Waals surface area (Å²) in [5.74, 6) is -0.756. The van der Waals surface area contributed by atoms with Gasteiger partial charge in [0.15, 0.2) is 0 Å². The molecular formula is C20H27N3O4. The first kappa shape index (κ1) is 19.4. The summed E-state index contributed by atoms with van der Waals surface area (Å²) in [6.45, 7) is 4.31. The van der Waals surface area contributed by atoms with Gasteiger partial charge in [-0.05, 0) is 24.8 Å². The van der Waals surface area contributed by atoms with Crippen LogP contribution in [-0.4, -0.2) is 47.5 Å². The Bertz CT molecular complexity index is 694. The standard InChI is InChI=1S/C20H27N3O4/c1-3-13(2)18(24)22-15-12-27-17-10-9-16(23(17)20(15)26)19(25)21-11-14-7-5-4-6-8-14/h4-8,13,15-17H,3,9-12H2,1-2H3,(H,21,25)(H,22,24)/t13-,15?,16?,17+/m1/s1. The molecule has 2 saturated heterocycles. The molecule has 7 heteroatoms. The normalized spacial score (nSPS) is 25.6. The lowest BCUT2D eigenvalue weighted by Crippen LogP contribution is -2.61. The Labute approximate surface area is 159 Å². The number of nitrogens with zero attached hydrogens (tertiary/aromatic N) is 1. The first-order valence-electron chi connectivity index (χ1n) is 9.57. The molecule has 0 bridgehead atoms. The van der Waals surface area contributed by atoms with E-state index in [0.717, 1.165) is 5.56 Å². The van der Waals surface area contributed by atoms with Gasteiger partial charge in [0.25, 0.3) is 0 Å². The number of fused-ring (bicyclic) bond motifs is 1. The van der Waals surface area contributed by atoms with Gasteiger partial charge >= 0.3 is 0 Å². The number of hydrogen-bond acceptors (Lipinski definition) is 4. The van der Waals surface area contributed by atoms with Crippen LogP contribution in [-0.2, 0) is 25.7 Å². The van der Waals surface area contributed by atoms with Crippen LogP contribution in [0.1, 0.15) is 38.7 Å². The van der Waals surface area contributed by atoms with Gasteiger partial charge in [-0.25, -0.2) is 0 Å². The summed E-state index contributed by atoms with van der Waals surface area (Å²) < 4.78 is 5.75. The molecule has 2 unspecified atom stereocenters. The van der Waals surface area contributed by atoms with E-state index in [-0.39, 0.29) is 36.5 Å². The number of nitrogens with one attached hydrogen (secondary N) is 2. The number of ether oxygens (including phenoxy) is 1. The smallest absolute Gasteiger partial charge is 0.250 e. The number of benzene rings is 1. The quantitative estimate of drug-likeness (QED) is 0.784. The van der Waals surface area contributed by atoms with Gasteiger partial charge in [0.2, 0.25) is 17.7 Å². The lowest BCUT2D eigenvalue weighted by molar-refractivity contribution is -0.167. The highest BCUT2D eigenvalue weighted by molar-refractivity contribution is 5.93. The predicted molar refractivity (Wildman–Crippen MR) is 99.3 cm³/mol. The number of amides is 3. The highest BCUT2D eigenvalue weighted by atomic mass is 16.5. The zero-order chi connectivity index (χ0) is 19.4. The molecule has 27 heavy (non-hydrogen) atoms. The van der Waals surface area contributed by atoms with E-state index in [9.17, 15) is 14.4 Å². The van der Waals surface area contributed by atoms with E-state index >= 15 is 0 Å². The third kappa shape index (κ3) is 4.30. The van der Waals surface area contributed by atoms with Crippen molar-refractivity contribution in [3.63, 3.8) is 0 Å². The Morgan fingerprint density at radius 3 is 2.70 bits per heavy atom.